The molecule has 0 spiro atoms. The third kappa shape index (κ3) is 24.1. The molecule has 12 rings (SSSR count). The maximum Gasteiger partial charge on any atom is 0.305 e. The zero-order valence-corrected chi connectivity index (χ0v) is 76.5. The standard InChI is InChI=1S/C88H101Cl2N25O21/c1-8-114-62(33-45(3)106-114)83(131)104-87-102-53-35-47(76(91)126)37-64(135-7)74(53)112(87)28-10-11-29-113-75-54(103-88(113)105-84(132)63-34-46(4)107-115(63)9-2)36-48(77(92)127)38-65(75)136-32-16-25-93-80(128)56(40-70(122)123)101-82(130)57(41-71(124)125)96-67(117)42-94-81(129)55(39-69(120)121)95-66(116)21-14-26-110-30-23-60-58(43-110)97-78(108(60)5)85(133)99-51-19-12-17-49(72(51)89)50-18-13-20-52(73(50)90)100-86(134)79-98-59-44-111(27-15-22-68(118)119)31-24-61(59)109(79)6/h10-13,17-20,33-38,55-57H,8-9,14-16,21-32,39-44H2,1-7H3,(H2,91,126)(H2,92,127)(H,93,128)(H,94,129)(H,95,116)(H,96,117)(H,99,133)(H,100,134)(H,101,130)(H,118,119)(H,120,121)(H,122,123)(H,124,125)(H,102,104,131)(H,103,105,132)/b11-10+. The summed E-state index contributed by atoms with van der Waals surface area (Å²) in [6.07, 6.45) is 1.73. The zero-order chi connectivity index (χ0) is 98.2. The molecular weight excluding hydrogens is 1810 g/mol. The summed E-state index contributed by atoms with van der Waals surface area (Å²) in [4.78, 5) is 219. The molecule has 8 heterocycles. The van der Waals surface area contributed by atoms with Gasteiger partial charge in [-0.25, -0.2) is 19.9 Å². The molecule has 11 amide bonds. The van der Waals surface area contributed by atoms with E-state index in [0.717, 1.165) is 17.1 Å². The number of aryl methyl sites for hydroxylation is 4. The van der Waals surface area contributed by atoms with Crippen LogP contribution in [0.4, 0.5) is 23.3 Å². The molecule has 2 aliphatic heterocycles. The van der Waals surface area contributed by atoms with Crippen LogP contribution in [0.25, 0.3) is 33.2 Å². The number of nitrogens with two attached hydrogens (primary N) is 2. The largest absolute Gasteiger partial charge is 0.494 e. The van der Waals surface area contributed by atoms with Crippen molar-refractivity contribution in [3.8, 4) is 22.6 Å². The summed E-state index contributed by atoms with van der Waals surface area (Å²) in [7, 11) is 4.83. The van der Waals surface area contributed by atoms with E-state index in [9.17, 15) is 87.2 Å². The Balaban J connectivity index is 0.629. The van der Waals surface area contributed by atoms with Crippen LogP contribution in [0, 0.1) is 13.8 Å². The Morgan fingerprint density at radius 2 is 0.956 bits per heavy atom. The minimum atomic E-state index is -2.01. The number of methoxy groups -OCH3 is 1. The van der Waals surface area contributed by atoms with Gasteiger partial charge in [0, 0.05) is 132 Å². The summed E-state index contributed by atoms with van der Waals surface area (Å²) in [5, 5.41) is 70.4. The van der Waals surface area contributed by atoms with Crippen molar-refractivity contribution in [2.75, 3.05) is 74.3 Å². The van der Waals surface area contributed by atoms with Gasteiger partial charge in [0.25, 0.3) is 23.6 Å². The second kappa shape index (κ2) is 44.4. The van der Waals surface area contributed by atoms with Crippen LogP contribution in [-0.4, -0.2) is 248 Å². The Morgan fingerprint density at radius 1 is 0.515 bits per heavy atom. The zero-order valence-electron chi connectivity index (χ0n) is 75.0. The summed E-state index contributed by atoms with van der Waals surface area (Å²) < 4.78 is 21.6. The van der Waals surface area contributed by atoms with Gasteiger partial charge in [-0.05, 0) is 109 Å². The Morgan fingerprint density at radius 3 is 1.41 bits per heavy atom. The first-order valence-electron chi connectivity index (χ1n) is 43.2. The number of nitrogens with one attached hydrogen (secondary N) is 9. The average Bonchev–Trinajstić information content (AvgIpc) is 1.52. The number of carboxylic acid groups (broad SMARTS) is 4. The number of hydrogen-bond acceptors (Lipinski definition) is 25. The molecule has 2 aliphatic rings. The van der Waals surface area contributed by atoms with E-state index in [0.29, 0.717) is 98.8 Å². The van der Waals surface area contributed by atoms with Crippen molar-refractivity contribution in [3.63, 3.8) is 0 Å². The molecule has 48 heteroatoms. The topological polar surface area (TPSA) is 629 Å². The van der Waals surface area contributed by atoms with E-state index >= 15 is 0 Å². The minimum absolute atomic E-state index is 0.00482. The van der Waals surface area contributed by atoms with Crippen LogP contribution in [0.3, 0.4) is 0 Å². The second-order valence-corrected chi connectivity index (χ2v) is 32.8. The molecule has 10 aromatic rings. The predicted molar refractivity (Wildman–Crippen MR) is 490 cm³/mol. The first kappa shape index (κ1) is 99.6. The molecule has 4 aromatic carbocycles. The molecule has 0 saturated heterocycles. The number of aromatic nitrogens is 12. The lowest BCUT2D eigenvalue weighted by Crippen LogP contribution is -2.56. The van der Waals surface area contributed by atoms with Crippen LogP contribution in [0.2, 0.25) is 10.0 Å². The van der Waals surface area contributed by atoms with Gasteiger partial charge < -0.3 is 96.9 Å². The minimum Gasteiger partial charge on any atom is -0.494 e. The number of carbonyl (C=O) groups is 15. The number of fused-ring (bicyclic) bond motifs is 4. The SMILES string of the molecule is CCn1nc(C)cc1C(=O)Nc1nc2cc(C(N)=O)cc(OC)c2n1C/C=C/Cn1c(NC(=O)c2cc(C)nn2CC)nc2cc(C(N)=O)cc(OCCCNC(=O)C(CC(=O)O)NC(=O)C(CC(=O)O)NC(=O)CNC(=O)C(CC(=O)O)NC(=O)CCCN3CCc4c(nc(C(=O)Nc5cccc(-c6cccc(NC(=O)c7nc8c(n7C)CCN(CCCC(=O)O)C8)c6Cl)c5Cl)n4C)C3)c21. The van der Waals surface area contributed by atoms with Gasteiger partial charge >= 0.3 is 23.9 Å². The number of allylic oxidation sites excluding steroid dienone is 2. The Labute approximate surface area is 784 Å². The average molecular weight is 1920 g/mol. The quantitative estimate of drug-likeness (QED) is 0.0187. The molecule has 136 heavy (non-hydrogen) atoms. The molecule has 718 valence electrons. The summed E-state index contributed by atoms with van der Waals surface area (Å²) in [5.41, 5.74) is 18.4. The molecule has 46 nitrogen and oxygen atoms in total. The van der Waals surface area contributed by atoms with Crippen LogP contribution in [0.1, 0.15) is 162 Å². The molecule has 0 aliphatic carbocycles. The van der Waals surface area contributed by atoms with Crippen molar-refractivity contribution in [1.29, 1.82) is 0 Å². The summed E-state index contributed by atoms with van der Waals surface area (Å²) in [6.45, 7) is 8.86. The van der Waals surface area contributed by atoms with E-state index in [-0.39, 0.29) is 154 Å². The maximum absolute atomic E-state index is 14.2. The molecule has 3 unspecified atom stereocenters. The van der Waals surface area contributed by atoms with E-state index in [4.69, 9.17) is 54.2 Å². The molecular formula is C88H101Cl2N25O21. The highest BCUT2D eigenvalue weighted by atomic mass is 35.5. The van der Waals surface area contributed by atoms with Gasteiger partial charge in [-0.2, -0.15) is 10.2 Å². The van der Waals surface area contributed by atoms with Crippen LogP contribution < -0.4 is 68.8 Å². The summed E-state index contributed by atoms with van der Waals surface area (Å²) in [6, 6.07) is 13.1. The normalized spacial score (nSPS) is 13.2. The predicted octanol–water partition coefficient (Wildman–Crippen LogP) is 4.29. The monoisotopic (exact) mass is 1910 g/mol. The van der Waals surface area contributed by atoms with Gasteiger partial charge in [-0.3, -0.25) is 102 Å². The first-order chi connectivity index (χ1) is 64.9. The number of primary amides is 2. The number of nitrogens with zero attached hydrogens (tertiary/aromatic N) is 14. The number of ether oxygens (including phenoxy) is 2. The lowest BCUT2D eigenvalue weighted by Gasteiger charge is -2.26. The highest BCUT2D eigenvalue weighted by molar-refractivity contribution is 6.40. The van der Waals surface area contributed by atoms with E-state index in [1.165, 1.54) is 40.7 Å². The molecule has 3 atom stereocenters. The van der Waals surface area contributed by atoms with Crippen LogP contribution in [0.5, 0.6) is 11.5 Å². The highest BCUT2D eigenvalue weighted by Crippen LogP contribution is 2.42. The smallest absolute Gasteiger partial charge is 0.305 e. The summed E-state index contributed by atoms with van der Waals surface area (Å²) >= 11 is 14.0. The maximum atomic E-state index is 14.2. The first-order valence-corrected chi connectivity index (χ1v) is 43.9. The number of benzene rings is 4. The molecule has 0 radical (unpaired) electrons. The van der Waals surface area contributed by atoms with Crippen molar-refractivity contribution >= 4 is 157 Å². The number of halogens is 2. The number of imidazole rings is 4. The van der Waals surface area contributed by atoms with Gasteiger partial charge in [-0.1, -0.05) is 59.6 Å². The third-order valence-corrected chi connectivity index (χ3v) is 23.3. The summed E-state index contributed by atoms with van der Waals surface area (Å²) in [5.74, 6) is -14.7. The second-order valence-electron chi connectivity index (χ2n) is 32.0. The fourth-order valence-corrected chi connectivity index (χ4v) is 16.5. The number of anilines is 4. The van der Waals surface area contributed by atoms with E-state index < -0.39 is 133 Å². The fraction of sp³-hybridized carbons (Fsp3) is 0.375. The van der Waals surface area contributed by atoms with Crippen LogP contribution >= 0.6 is 23.2 Å². The van der Waals surface area contributed by atoms with E-state index in [1.54, 1.807) is 114 Å². The van der Waals surface area contributed by atoms with Gasteiger partial charge in [0.1, 0.15) is 52.0 Å². The number of carboxylic acids is 4. The van der Waals surface area contributed by atoms with Crippen molar-refractivity contribution in [2.45, 2.75) is 149 Å². The van der Waals surface area contributed by atoms with Gasteiger partial charge in [-0.15, -0.1) is 0 Å². The fourth-order valence-electron chi connectivity index (χ4n) is 15.9. The van der Waals surface area contributed by atoms with Crippen molar-refractivity contribution in [1.82, 2.24) is 94.1 Å². The van der Waals surface area contributed by atoms with Crippen molar-refractivity contribution in [2.24, 2.45) is 25.6 Å². The lowest BCUT2D eigenvalue weighted by molar-refractivity contribution is -0.143. The Kier molecular flexibility index (Phi) is 32.5. The number of hydrogen-bond donors (Lipinski definition) is 15. The van der Waals surface area contributed by atoms with Gasteiger partial charge in [0.05, 0.1) is 94.8 Å². The van der Waals surface area contributed by atoms with E-state index in [2.05, 4.69) is 77.9 Å². The Hall–Kier alpha value is -15.5. The van der Waals surface area contributed by atoms with Crippen molar-refractivity contribution < 1.29 is 102 Å². The Bertz CT molecular complexity index is 6420. The van der Waals surface area contributed by atoms with Gasteiger partial charge in [0.2, 0.25) is 53.2 Å². The molecule has 17 N–H and O–H groups in total. The van der Waals surface area contributed by atoms with Crippen molar-refractivity contribution in [3.05, 3.63) is 163 Å². The third-order valence-electron chi connectivity index (χ3n) is 22.4. The lowest BCUT2D eigenvalue weighted by atomic mass is 10.0. The molecule has 6 aromatic heterocycles. The number of carbonyl (C=O) groups excluding carboxylic acids is 11. The molecule has 0 fully saturated rings. The molecule has 0 saturated carbocycles. The number of rotatable bonds is 45. The van der Waals surface area contributed by atoms with Gasteiger partial charge in [0.15, 0.2) is 11.6 Å². The van der Waals surface area contributed by atoms with Crippen LogP contribution in [-0.2, 0) is 109 Å². The van der Waals surface area contributed by atoms with E-state index in [1.807, 2.05) is 11.8 Å². The number of aliphatic carboxylic acids is 4. The number of amides is 11. The van der Waals surface area contributed by atoms with Crippen LogP contribution in [0.15, 0.2) is 84.9 Å². The molecule has 0 bridgehead atoms. The highest BCUT2D eigenvalue weighted by Gasteiger charge is 2.35.